The van der Waals surface area contributed by atoms with Gasteiger partial charge in [-0.15, -0.1) is 11.3 Å². The molecular weight excluding hydrogens is 376 g/mol. The number of aromatic nitrogens is 2. The van der Waals surface area contributed by atoms with E-state index >= 15 is 0 Å². The average molecular weight is 394 g/mol. The number of hydrogen-bond acceptors (Lipinski definition) is 6. The minimum atomic E-state index is -0.333. The molecule has 28 heavy (non-hydrogen) atoms. The predicted octanol–water partition coefficient (Wildman–Crippen LogP) is 3.58. The molecule has 1 aliphatic carbocycles. The van der Waals surface area contributed by atoms with Gasteiger partial charge in [-0.1, -0.05) is 30.3 Å². The number of carbonyl (C=O) groups is 2. The number of hydrogen-bond donors (Lipinski definition) is 0. The zero-order valence-electron chi connectivity index (χ0n) is 15.7. The molecule has 0 spiro atoms. The molecule has 0 N–H and O–H groups in total. The van der Waals surface area contributed by atoms with Gasteiger partial charge in [0.25, 0.3) is 0 Å². The number of nitrogens with zero attached hydrogens (tertiary/aromatic N) is 2. The summed E-state index contributed by atoms with van der Waals surface area (Å²) in [5.74, 6) is -0.770. The van der Waals surface area contributed by atoms with E-state index in [2.05, 4.69) is 0 Å². The van der Waals surface area contributed by atoms with Crippen LogP contribution in [0, 0.1) is 0 Å². The molecule has 4 rings (SSSR count). The maximum Gasteiger partial charge on any atom is 0.228 e. The zero-order chi connectivity index (χ0) is 19.8. The Labute approximate surface area is 165 Å². The molecule has 3 aromatic rings. The molecular formula is C21H18N2O4S. The summed E-state index contributed by atoms with van der Waals surface area (Å²) in [4.78, 5) is 31.3. The first-order chi connectivity index (χ1) is 13.6. The fraction of sp³-hybridized carbons (Fsp3) is 0.190. The van der Waals surface area contributed by atoms with Gasteiger partial charge in [-0.2, -0.15) is 0 Å². The van der Waals surface area contributed by atoms with Gasteiger partial charge in [-0.3, -0.25) is 14.0 Å². The summed E-state index contributed by atoms with van der Waals surface area (Å²) in [5.41, 5.74) is 3.38. The van der Waals surface area contributed by atoms with Gasteiger partial charge in [0, 0.05) is 34.7 Å². The van der Waals surface area contributed by atoms with Crippen molar-refractivity contribution in [3.8, 4) is 11.3 Å². The van der Waals surface area contributed by atoms with E-state index in [0.717, 1.165) is 21.9 Å². The van der Waals surface area contributed by atoms with Crippen LogP contribution in [-0.2, 0) is 25.5 Å². The predicted molar refractivity (Wildman–Crippen MR) is 106 cm³/mol. The fourth-order valence-corrected chi connectivity index (χ4v) is 4.13. The molecule has 2 aromatic heterocycles. The van der Waals surface area contributed by atoms with Gasteiger partial charge >= 0.3 is 0 Å². The van der Waals surface area contributed by atoms with Gasteiger partial charge in [0.1, 0.15) is 0 Å². The number of rotatable bonds is 5. The Morgan fingerprint density at radius 3 is 2.39 bits per heavy atom. The quantitative estimate of drug-likeness (QED) is 0.619. The second-order valence-corrected chi connectivity index (χ2v) is 7.21. The van der Waals surface area contributed by atoms with Crippen LogP contribution in [0.1, 0.15) is 12.6 Å². The van der Waals surface area contributed by atoms with Crippen molar-refractivity contribution in [3.05, 3.63) is 70.3 Å². The average Bonchev–Trinajstić information content (AvgIpc) is 3.30. The number of ketones is 2. The van der Waals surface area contributed by atoms with Gasteiger partial charge < -0.3 is 9.47 Å². The summed E-state index contributed by atoms with van der Waals surface area (Å²) >= 11 is 1.52. The minimum Gasteiger partial charge on any atom is -0.489 e. The van der Waals surface area contributed by atoms with Crippen molar-refractivity contribution >= 4 is 27.9 Å². The molecule has 142 valence electrons. The number of Topliss-reactive ketones (excluding diaryl/α,β-unsaturated/α-hetero) is 2. The standard InChI is InChI=1S/C21H18N2O4S/c1-12-14(18(25)20(27-3)19(26-2)17(12)24)11-15-16(13-7-5-4-6-8-13)22-21-23(15)9-10-28-21/h4-10H,11H2,1-3H3. The maximum absolute atomic E-state index is 13.0. The summed E-state index contributed by atoms with van der Waals surface area (Å²) in [6, 6.07) is 9.80. The largest absolute Gasteiger partial charge is 0.489 e. The van der Waals surface area contributed by atoms with E-state index in [9.17, 15) is 9.59 Å². The lowest BCUT2D eigenvalue weighted by Gasteiger charge is -2.20. The second kappa shape index (κ2) is 7.09. The topological polar surface area (TPSA) is 69.9 Å². The Balaban J connectivity index is 1.85. The molecule has 6 nitrogen and oxygen atoms in total. The van der Waals surface area contributed by atoms with Crippen LogP contribution in [0.5, 0.6) is 0 Å². The molecule has 0 saturated heterocycles. The first-order valence-electron chi connectivity index (χ1n) is 8.68. The Bertz CT molecular complexity index is 1150. The van der Waals surface area contributed by atoms with Crippen LogP contribution in [-0.4, -0.2) is 35.2 Å². The SMILES string of the molecule is COC1=C(OC)C(=O)C(Cc2c(-c3ccccc3)nc3sccn23)=C(C)C1=O. The van der Waals surface area contributed by atoms with E-state index in [1.165, 1.54) is 25.6 Å². The highest BCUT2D eigenvalue weighted by Crippen LogP contribution is 2.32. The molecule has 0 amide bonds. The molecule has 0 aliphatic heterocycles. The molecule has 0 radical (unpaired) electrons. The Hall–Kier alpha value is -3.19. The number of methoxy groups -OCH3 is 2. The van der Waals surface area contributed by atoms with E-state index in [-0.39, 0.29) is 29.5 Å². The summed E-state index contributed by atoms with van der Waals surface area (Å²) in [7, 11) is 2.72. The molecule has 0 bridgehead atoms. The van der Waals surface area contributed by atoms with Crippen molar-refractivity contribution in [3.63, 3.8) is 0 Å². The lowest BCUT2D eigenvalue weighted by atomic mass is 9.89. The molecule has 1 aliphatic rings. The van der Waals surface area contributed by atoms with Gasteiger partial charge in [0.05, 0.1) is 25.6 Å². The maximum atomic E-state index is 13.0. The fourth-order valence-electron chi connectivity index (χ4n) is 3.40. The van der Waals surface area contributed by atoms with E-state index in [0.29, 0.717) is 11.1 Å². The summed E-state index contributed by atoms with van der Waals surface area (Å²) in [6.07, 6.45) is 2.19. The molecule has 0 unspecified atom stereocenters. The van der Waals surface area contributed by atoms with E-state index in [4.69, 9.17) is 14.5 Å². The van der Waals surface area contributed by atoms with Gasteiger partial charge in [-0.05, 0) is 6.92 Å². The molecule has 0 atom stereocenters. The summed E-state index contributed by atoms with van der Waals surface area (Å²) < 4.78 is 12.3. The van der Waals surface area contributed by atoms with Crippen molar-refractivity contribution in [2.45, 2.75) is 13.3 Å². The number of imidazole rings is 1. The van der Waals surface area contributed by atoms with Gasteiger partial charge in [-0.25, -0.2) is 4.98 Å². The zero-order valence-corrected chi connectivity index (χ0v) is 16.5. The number of benzene rings is 1. The lowest BCUT2D eigenvalue weighted by molar-refractivity contribution is -0.121. The minimum absolute atomic E-state index is 0.0500. The first-order valence-corrected chi connectivity index (χ1v) is 9.56. The van der Waals surface area contributed by atoms with Crippen molar-refractivity contribution in [1.82, 2.24) is 9.38 Å². The number of ether oxygens (including phenoxy) is 2. The van der Waals surface area contributed by atoms with Crippen LogP contribution in [0.4, 0.5) is 0 Å². The molecule has 0 saturated carbocycles. The highest BCUT2D eigenvalue weighted by atomic mass is 32.1. The van der Waals surface area contributed by atoms with Gasteiger partial charge in [0.15, 0.2) is 4.96 Å². The third-order valence-corrected chi connectivity index (χ3v) is 5.60. The van der Waals surface area contributed by atoms with E-state index < -0.39 is 0 Å². The number of fused-ring (bicyclic) bond motifs is 1. The van der Waals surface area contributed by atoms with E-state index in [1.54, 1.807) is 6.92 Å². The highest BCUT2D eigenvalue weighted by Gasteiger charge is 2.35. The molecule has 1 aromatic carbocycles. The van der Waals surface area contributed by atoms with Crippen molar-refractivity contribution in [1.29, 1.82) is 0 Å². The normalized spacial score (nSPS) is 15.0. The van der Waals surface area contributed by atoms with E-state index in [1.807, 2.05) is 46.3 Å². The third kappa shape index (κ3) is 2.75. The van der Waals surface area contributed by atoms with Crippen LogP contribution in [0.2, 0.25) is 0 Å². The van der Waals surface area contributed by atoms with Crippen LogP contribution >= 0.6 is 11.3 Å². The molecule has 2 heterocycles. The number of thiazole rings is 1. The first kappa shape index (κ1) is 18.2. The van der Waals surface area contributed by atoms with Crippen LogP contribution in [0.25, 0.3) is 16.2 Å². The lowest BCUT2D eigenvalue weighted by Crippen LogP contribution is -2.26. The Kier molecular flexibility index (Phi) is 4.60. The Morgan fingerprint density at radius 1 is 1.04 bits per heavy atom. The van der Waals surface area contributed by atoms with Crippen LogP contribution < -0.4 is 0 Å². The third-order valence-electron chi connectivity index (χ3n) is 4.85. The monoisotopic (exact) mass is 394 g/mol. The smallest absolute Gasteiger partial charge is 0.228 e. The Morgan fingerprint density at radius 2 is 1.71 bits per heavy atom. The van der Waals surface area contributed by atoms with Crippen molar-refractivity contribution < 1.29 is 19.1 Å². The molecule has 7 heteroatoms. The second-order valence-electron chi connectivity index (χ2n) is 6.33. The number of allylic oxidation sites excluding steroid dienone is 2. The molecule has 0 fully saturated rings. The summed E-state index contributed by atoms with van der Waals surface area (Å²) in [5, 5.41) is 1.94. The summed E-state index contributed by atoms with van der Waals surface area (Å²) in [6.45, 7) is 1.65. The van der Waals surface area contributed by atoms with Crippen LogP contribution in [0.3, 0.4) is 0 Å². The van der Waals surface area contributed by atoms with Crippen molar-refractivity contribution in [2.24, 2.45) is 0 Å². The number of carbonyl (C=O) groups excluding carboxylic acids is 2. The van der Waals surface area contributed by atoms with Crippen molar-refractivity contribution in [2.75, 3.05) is 14.2 Å². The highest BCUT2D eigenvalue weighted by molar-refractivity contribution is 7.15. The van der Waals surface area contributed by atoms with Crippen LogP contribution in [0.15, 0.2) is 64.6 Å². The van der Waals surface area contributed by atoms with Gasteiger partial charge in [0.2, 0.25) is 23.1 Å².